The first-order valence-corrected chi connectivity index (χ1v) is 1.59. The molecule has 5 heavy (non-hydrogen) atoms. The second-order valence-corrected chi connectivity index (χ2v) is 1.53. The van der Waals surface area contributed by atoms with E-state index in [9.17, 15) is 8.63 Å². The van der Waals surface area contributed by atoms with Crippen LogP contribution in [-0.4, -0.2) is 6.70 Å². The van der Waals surface area contributed by atoms with Gasteiger partial charge in [0.15, 0.2) is 0 Å². The maximum atomic E-state index is 11.1. The predicted molar refractivity (Wildman–Crippen MR) is 19.7 cm³/mol. The lowest BCUT2D eigenvalue weighted by Crippen LogP contribution is -2.06. The average molecular weight is 78.9 g/mol. The van der Waals surface area contributed by atoms with Crippen LogP contribution in [0.2, 0.25) is 13.6 Å². The highest BCUT2D eigenvalue weighted by molar-refractivity contribution is 6.63. The largest absolute Gasteiger partial charge is 0.478 e. The van der Waals surface area contributed by atoms with Crippen molar-refractivity contribution in [3.05, 3.63) is 0 Å². The highest BCUT2D eigenvalue weighted by Gasteiger charge is 2.03. The van der Waals surface area contributed by atoms with Crippen LogP contribution in [0.3, 0.4) is 0 Å². The summed E-state index contributed by atoms with van der Waals surface area (Å²) in [7, 11) is 0. The number of rotatable bonds is 0. The molecule has 0 spiro atoms. The molecule has 0 aromatic rings. The van der Waals surface area contributed by atoms with E-state index in [1.165, 1.54) is 0 Å². The first-order chi connectivity index (χ1) is 2.00. The zero-order valence-corrected chi connectivity index (χ0v) is 3.33. The maximum absolute atomic E-state index is 11.1. The van der Waals surface area contributed by atoms with Crippen molar-refractivity contribution in [1.82, 2.24) is 0 Å². The van der Waals surface area contributed by atoms with Gasteiger partial charge in [0.2, 0.25) is 0 Å². The molecular weight excluding hydrogens is 72.8 g/mol. The van der Waals surface area contributed by atoms with Crippen molar-refractivity contribution in [3.63, 3.8) is 0 Å². The van der Waals surface area contributed by atoms with Crippen molar-refractivity contribution in [1.29, 1.82) is 0 Å². The smallest absolute Gasteiger partial charge is 0.300 e. The Balaban J connectivity index is 3.02. The van der Waals surface area contributed by atoms with Gasteiger partial charge < -0.3 is 8.63 Å². The molecule has 0 aromatic carbocycles. The van der Waals surface area contributed by atoms with Gasteiger partial charge in [-0.25, -0.2) is 0 Å². The summed E-state index contributed by atoms with van der Waals surface area (Å²) in [5.41, 5.74) is 0. The molecule has 0 saturated carbocycles. The molecule has 0 aromatic heterocycles. The lowest BCUT2D eigenvalue weighted by Gasteiger charge is -2.03. The van der Waals surface area contributed by atoms with E-state index in [0.717, 1.165) is 13.6 Å². The van der Waals surface area contributed by atoms with E-state index in [1.54, 1.807) is 0 Å². The van der Waals surface area contributed by atoms with Crippen LogP contribution >= 0.6 is 0 Å². The van der Waals surface area contributed by atoms with Gasteiger partial charge in [0.05, 0.1) is 0 Å². The van der Waals surface area contributed by atoms with Crippen molar-refractivity contribution in [3.8, 4) is 0 Å². The quantitative estimate of drug-likeness (QED) is 0.387. The molecule has 32 valence electrons. The predicted octanol–water partition coefficient (Wildman–Crippen LogP) is 1.63. The summed E-state index contributed by atoms with van der Waals surface area (Å²) >= 11 is 0. The van der Waals surface area contributed by atoms with E-state index < -0.39 is 6.70 Å². The van der Waals surface area contributed by atoms with Gasteiger partial charge in [-0.2, -0.15) is 0 Å². The topological polar surface area (TPSA) is 0 Å². The Hall–Kier alpha value is -0.0751. The maximum Gasteiger partial charge on any atom is 0.300 e. The van der Waals surface area contributed by atoms with Crippen molar-refractivity contribution < 1.29 is 8.63 Å². The summed E-state index contributed by atoms with van der Waals surface area (Å²) in [5, 5.41) is 0. The van der Waals surface area contributed by atoms with Crippen LogP contribution in [0.15, 0.2) is 0 Å². The molecule has 0 radical (unpaired) electrons. The Labute approximate surface area is 30.2 Å². The first-order valence-electron chi connectivity index (χ1n) is 1.59. The molecule has 0 amide bonds. The van der Waals surface area contributed by atoms with Crippen molar-refractivity contribution >= 4 is 6.70 Å². The molecule has 3 heteroatoms. The van der Waals surface area contributed by atoms with Gasteiger partial charge in [0.1, 0.15) is 0 Å². The van der Waals surface area contributed by atoms with Gasteiger partial charge in [-0.05, 0) is 0 Å². The highest BCUT2D eigenvalue weighted by Crippen LogP contribution is 2.00. The minimum Gasteiger partial charge on any atom is -0.478 e. The van der Waals surface area contributed by atoms with Crippen LogP contribution < -0.4 is 0 Å². The lowest BCUT2D eigenvalue weighted by molar-refractivity contribution is 0.629. The Bertz CT molecular complexity index is 23.1. The zero-order chi connectivity index (χ0) is 4.50. The molecule has 0 fully saturated rings. The fourth-order valence-electron chi connectivity index (χ4n) is 0. The van der Waals surface area contributed by atoms with E-state index in [1.807, 2.05) is 0 Å². The summed E-state index contributed by atoms with van der Waals surface area (Å²) in [4.78, 5) is 0. The van der Waals surface area contributed by atoms with E-state index in [4.69, 9.17) is 0 Å². The second kappa shape index (κ2) is 0.957. The van der Waals surface area contributed by atoms with E-state index in [2.05, 4.69) is 0 Å². The van der Waals surface area contributed by atoms with Gasteiger partial charge in [-0.1, -0.05) is 0 Å². The van der Waals surface area contributed by atoms with Gasteiger partial charge in [-0.15, -0.1) is 13.6 Å². The van der Waals surface area contributed by atoms with Crippen LogP contribution in [0.25, 0.3) is 0 Å². The number of hydrogen-bond donors (Lipinski definition) is 0. The van der Waals surface area contributed by atoms with Crippen LogP contribution in [0.1, 0.15) is 0 Å². The van der Waals surface area contributed by atoms with Crippen molar-refractivity contribution in [2.24, 2.45) is 0 Å². The molecule has 0 aliphatic heterocycles. The van der Waals surface area contributed by atoms with Gasteiger partial charge in [0.25, 0.3) is 0 Å². The molecule has 0 aliphatic rings. The van der Waals surface area contributed by atoms with Crippen molar-refractivity contribution in [2.75, 3.05) is 0 Å². The molecule has 0 atom stereocenters. The molecule has 0 saturated heterocycles. The van der Waals surface area contributed by atoms with Gasteiger partial charge >= 0.3 is 6.70 Å². The third-order valence-corrected chi connectivity index (χ3v) is 0. The Morgan fingerprint density at radius 2 is 1.20 bits per heavy atom. The monoisotopic (exact) mass is 79.1 g/mol. The van der Waals surface area contributed by atoms with E-state index in [0.29, 0.717) is 0 Å². The number of halogens is 2. The molecule has 0 rings (SSSR count). The average Bonchev–Trinajstić information content (AvgIpc) is 0.722. The van der Waals surface area contributed by atoms with E-state index in [-0.39, 0.29) is 0 Å². The Morgan fingerprint density at radius 3 is 1.20 bits per heavy atom. The summed E-state index contributed by atoms with van der Waals surface area (Å²) in [6.45, 7) is -1.17. The molecule has 0 heterocycles. The fraction of sp³-hybridized carbons (Fsp3) is 1.00. The first kappa shape index (κ1) is 4.92. The fourth-order valence-corrected chi connectivity index (χ4v) is 0. The Kier molecular flexibility index (Phi) is 0.942. The number of hydrogen-bond acceptors (Lipinski definition) is 0. The molecule has 0 N–H and O–H groups in total. The molecule has 0 bridgehead atoms. The van der Waals surface area contributed by atoms with Crippen LogP contribution in [0, 0.1) is 0 Å². The van der Waals surface area contributed by atoms with Crippen LogP contribution in [0.4, 0.5) is 8.63 Å². The summed E-state index contributed by atoms with van der Waals surface area (Å²) < 4.78 is 22.2. The summed E-state index contributed by atoms with van der Waals surface area (Å²) in [6, 6.07) is 0. The molecule has 0 nitrogen and oxygen atoms in total. The third kappa shape index (κ3) is 2580. The third-order valence-electron chi connectivity index (χ3n) is 0. The lowest BCUT2D eigenvalue weighted by atomic mass is 9.72. The molecule has 0 unspecified atom stereocenters. The standard InChI is InChI=1S/C2H6BF2/c1-3(2,4)5/h1-2H3/q-1. The minimum atomic E-state index is -3.00. The highest BCUT2D eigenvalue weighted by atomic mass is 19.2. The minimum absolute atomic E-state index is 0.917. The van der Waals surface area contributed by atoms with Crippen molar-refractivity contribution in [2.45, 2.75) is 13.6 Å². The second-order valence-electron chi connectivity index (χ2n) is 1.53. The SMILES string of the molecule is C[B-](C)(F)F. The normalized spacial score (nSPS) is 12.0. The summed E-state index contributed by atoms with van der Waals surface area (Å²) in [5.74, 6) is 0. The summed E-state index contributed by atoms with van der Waals surface area (Å²) in [6.07, 6.45) is 0. The van der Waals surface area contributed by atoms with Gasteiger partial charge in [-0.3, -0.25) is 0 Å². The molecular formula is C2H6BF2-. The van der Waals surface area contributed by atoms with Crippen LogP contribution in [0.5, 0.6) is 0 Å². The Morgan fingerprint density at radius 1 is 1.20 bits per heavy atom. The van der Waals surface area contributed by atoms with E-state index >= 15 is 0 Å². The molecule has 0 aliphatic carbocycles. The zero-order valence-electron chi connectivity index (χ0n) is 3.33. The van der Waals surface area contributed by atoms with Crippen LogP contribution in [-0.2, 0) is 0 Å². The van der Waals surface area contributed by atoms with Gasteiger partial charge in [0, 0.05) is 0 Å².